The number of nitrogens with two attached hydrogens (primary N) is 1. The molecule has 2 aromatic carbocycles. The van der Waals surface area contributed by atoms with E-state index in [0.29, 0.717) is 36.3 Å². The number of nitrogens with zero attached hydrogens (tertiary/aromatic N) is 4. The van der Waals surface area contributed by atoms with Crippen molar-refractivity contribution in [2.24, 2.45) is 5.73 Å². The second-order valence-electron chi connectivity index (χ2n) is 9.19. The fourth-order valence-corrected chi connectivity index (χ4v) is 4.65. The molecule has 0 aliphatic rings. The molecule has 38 heavy (non-hydrogen) atoms. The summed E-state index contributed by atoms with van der Waals surface area (Å²) in [4.78, 5) is 28.9. The minimum atomic E-state index is -4.50. The first kappa shape index (κ1) is 27.1. The van der Waals surface area contributed by atoms with E-state index in [0.717, 1.165) is 17.7 Å². The third kappa shape index (κ3) is 5.65. The number of hydrogen-bond acceptors (Lipinski definition) is 4. The van der Waals surface area contributed by atoms with Crippen LogP contribution in [0.2, 0.25) is 0 Å². The van der Waals surface area contributed by atoms with Crippen molar-refractivity contribution < 1.29 is 18.0 Å². The standard InChI is InChI=1S/C28H30F3N5O2/c1-3-24(34(15-7-14-32)26(37)21-10-12-22(13-11-21)28(29,30)31)25-17-23-16-19(2)33-36(23)27(38)35(25)18-20-8-5-4-6-9-20/h4-6,8-13,16-17,24H,3,7,14-15,18,32H2,1-2H3/t24-/m1/s1. The molecule has 10 heteroatoms. The van der Waals surface area contributed by atoms with Crippen LogP contribution < -0.4 is 11.4 Å². The van der Waals surface area contributed by atoms with E-state index < -0.39 is 23.7 Å². The Kier molecular flexibility index (Phi) is 8.01. The fraction of sp³-hybridized carbons (Fsp3) is 0.321. The average Bonchev–Trinajstić information content (AvgIpc) is 3.28. The van der Waals surface area contributed by atoms with Gasteiger partial charge in [-0.15, -0.1) is 0 Å². The highest BCUT2D eigenvalue weighted by atomic mass is 19.4. The molecule has 2 heterocycles. The molecule has 1 amide bonds. The maximum atomic E-state index is 13.7. The highest BCUT2D eigenvalue weighted by molar-refractivity contribution is 5.94. The van der Waals surface area contributed by atoms with Crippen LogP contribution in [0.1, 0.15) is 58.7 Å². The van der Waals surface area contributed by atoms with Gasteiger partial charge in [-0.1, -0.05) is 37.3 Å². The third-order valence-corrected chi connectivity index (χ3v) is 6.49. The van der Waals surface area contributed by atoms with Gasteiger partial charge in [-0.3, -0.25) is 9.36 Å². The van der Waals surface area contributed by atoms with Gasteiger partial charge in [0.2, 0.25) is 0 Å². The van der Waals surface area contributed by atoms with E-state index in [1.807, 2.05) is 43.3 Å². The quantitative estimate of drug-likeness (QED) is 0.340. The molecule has 1 atom stereocenters. The van der Waals surface area contributed by atoms with Gasteiger partial charge in [0.05, 0.1) is 29.4 Å². The van der Waals surface area contributed by atoms with Crippen LogP contribution in [-0.2, 0) is 12.7 Å². The molecule has 0 bridgehead atoms. The van der Waals surface area contributed by atoms with Crippen molar-refractivity contribution in [3.8, 4) is 0 Å². The molecule has 0 saturated carbocycles. The fourth-order valence-electron chi connectivity index (χ4n) is 4.65. The Hall–Kier alpha value is -3.92. The number of aryl methyl sites for hydroxylation is 1. The van der Waals surface area contributed by atoms with Crippen LogP contribution >= 0.6 is 0 Å². The van der Waals surface area contributed by atoms with Crippen molar-refractivity contribution in [3.63, 3.8) is 0 Å². The van der Waals surface area contributed by atoms with Crippen molar-refractivity contribution in [2.75, 3.05) is 13.1 Å². The van der Waals surface area contributed by atoms with Crippen LogP contribution in [-0.4, -0.2) is 38.1 Å². The molecule has 2 N–H and O–H groups in total. The van der Waals surface area contributed by atoms with Crippen LogP contribution in [0.15, 0.2) is 71.5 Å². The maximum absolute atomic E-state index is 13.7. The smallest absolute Gasteiger partial charge is 0.330 e. The highest BCUT2D eigenvalue weighted by Gasteiger charge is 2.32. The summed E-state index contributed by atoms with van der Waals surface area (Å²) in [6.45, 7) is 4.57. The number of fused-ring (bicyclic) bond motifs is 1. The molecule has 0 radical (unpaired) electrons. The predicted octanol–water partition coefficient (Wildman–Crippen LogP) is 4.81. The Bertz CT molecular complexity index is 1460. The summed E-state index contributed by atoms with van der Waals surface area (Å²) >= 11 is 0. The van der Waals surface area contributed by atoms with Gasteiger partial charge in [0.15, 0.2) is 0 Å². The van der Waals surface area contributed by atoms with Gasteiger partial charge in [0.25, 0.3) is 5.91 Å². The molecule has 0 aliphatic carbocycles. The maximum Gasteiger partial charge on any atom is 0.416 e. The van der Waals surface area contributed by atoms with Crippen LogP contribution in [0.3, 0.4) is 0 Å². The topological polar surface area (TPSA) is 85.6 Å². The lowest BCUT2D eigenvalue weighted by atomic mass is 10.0. The zero-order valence-corrected chi connectivity index (χ0v) is 21.3. The third-order valence-electron chi connectivity index (χ3n) is 6.49. The van der Waals surface area contributed by atoms with E-state index in [4.69, 9.17) is 5.73 Å². The zero-order chi connectivity index (χ0) is 27.4. The minimum Gasteiger partial charge on any atom is -0.330 e. The molecule has 0 aliphatic heterocycles. The number of hydrogen-bond donors (Lipinski definition) is 1. The molecule has 4 aromatic rings. The van der Waals surface area contributed by atoms with Crippen LogP contribution in [0.4, 0.5) is 13.2 Å². The summed E-state index contributed by atoms with van der Waals surface area (Å²) in [7, 11) is 0. The van der Waals surface area contributed by atoms with Crippen LogP contribution in [0, 0.1) is 6.92 Å². The Labute approximate surface area is 218 Å². The van der Waals surface area contributed by atoms with E-state index in [1.54, 1.807) is 22.5 Å². The van der Waals surface area contributed by atoms with Gasteiger partial charge in [-0.25, -0.2) is 4.79 Å². The van der Waals surface area contributed by atoms with Gasteiger partial charge < -0.3 is 10.6 Å². The largest absolute Gasteiger partial charge is 0.416 e. The van der Waals surface area contributed by atoms with Crippen molar-refractivity contribution in [1.29, 1.82) is 0 Å². The van der Waals surface area contributed by atoms with E-state index >= 15 is 0 Å². The lowest BCUT2D eigenvalue weighted by Crippen LogP contribution is -2.40. The Morgan fingerprint density at radius 1 is 1.08 bits per heavy atom. The van der Waals surface area contributed by atoms with Gasteiger partial charge in [-0.05, 0) is 68.3 Å². The Balaban J connectivity index is 1.83. The second-order valence-corrected chi connectivity index (χ2v) is 9.19. The summed E-state index contributed by atoms with van der Waals surface area (Å²) < 4.78 is 42.2. The number of alkyl halides is 3. The molecular formula is C28H30F3N5O2. The minimum absolute atomic E-state index is 0.131. The summed E-state index contributed by atoms with van der Waals surface area (Å²) in [5.74, 6) is -0.428. The number of benzene rings is 2. The molecule has 200 valence electrons. The molecule has 0 unspecified atom stereocenters. The van der Waals surface area contributed by atoms with Crippen molar-refractivity contribution in [1.82, 2.24) is 19.1 Å². The van der Waals surface area contributed by atoms with Crippen molar-refractivity contribution >= 4 is 11.4 Å². The van der Waals surface area contributed by atoms with Gasteiger partial charge in [0, 0.05) is 17.8 Å². The molecule has 2 aromatic heterocycles. The predicted molar refractivity (Wildman–Crippen MR) is 139 cm³/mol. The lowest BCUT2D eigenvalue weighted by molar-refractivity contribution is -0.137. The first-order valence-corrected chi connectivity index (χ1v) is 12.5. The second kappa shape index (κ2) is 11.2. The molecular weight excluding hydrogens is 495 g/mol. The summed E-state index contributed by atoms with van der Waals surface area (Å²) in [6.07, 6.45) is -3.55. The molecule has 0 spiro atoms. The highest BCUT2D eigenvalue weighted by Crippen LogP contribution is 2.31. The monoisotopic (exact) mass is 525 g/mol. The number of halogens is 3. The lowest BCUT2D eigenvalue weighted by Gasteiger charge is -2.33. The molecule has 7 nitrogen and oxygen atoms in total. The molecule has 0 saturated heterocycles. The number of amides is 1. The van der Waals surface area contributed by atoms with Crippen molar-refractivity contribution in [3.05, 3.63) is 105 Å². The Morgan fingerprint density at radius 3 is 2.37 bits per heavy atom. The number of rotatable bonds is 9. The number of carbonyl (C=O) groups is 1. The van der Waals surface area contributed by atoms with Crippen LogP contribution in [0.5, 0.6) is 0 Å². The number of carbonyl (C=O) groups excluding carboxylic acids is 1. The van der Waals surface area contributed by atoms with Gasteiger partial charge >= 0.3 is 11.9 Å². The Morgan fingerprint density at radius 2 is 1.76 bits per heavy atom. The van der Waals surface area contributed by atoms with Gasteiger partial charge in [-0.2, -0.15) is 22.8 Å². The normalized spacial score (nSPS) is 12.6. The first-order chi connectivity index (χ1) is 18.1. The summed E-state index contributed by atoms with van der Waals surface area (Å²) in [5.41, 5.74) is 7.53. The average molecular weight is 526 g/mol. The van der Waals surface area contributed by atoms with E-state index in [-0.39, 0.29) is 24.3 Å². The van der Waals surface area contributed by atoms with Gasteiger partial charge in [0.1, 0.15) is 0 Å². The zero-order valence-electron chi connectivity index (χ0n) is 21.3. The SMILES string of the molecule is CC[C@H](c1cc2cc(C)nn2c(=O)n1Cc1ccccc1)N(CCCN)C(=O)c1ccc(C(F)(F)F)cc1. The van der Waals surface area contributed by atoms with E-state index in [1.165, 1.54) is 16.6 Å². The first-order valence-electron chi connectivity index (χ1n) is 12.5. The van der Waals surface area contributed by atoms with Crippen molar-refractivity contribution in [2.45, 2.75) is 45.5 Å². The van der Waals surface area contributed by atoms with Crippen LogP contribution in [0.25, 0.3) is 5.52 Å². The van der Waals surface area contributed by atoms with E-state index in [9.17, 15) is 22.8 Å². The van der Waals surface area contributed by atoms with E-state index in [2.05, 4.69) is 5.10 Å². The summed E-state index contributed by atoms with van der Waals surface area (Å²) in [6, 6.07) is 16.8. The molecule has 0 fully saturated rings. The number of aromatic nitrogens is 3. The molecule has 4 rings (SSSR count). The summed E-state index contributed by atoms with van der Waals surface area (Å²) in [5, 5.41) is 4.34.